The summed E-state index contributed by atoms with van der Waals surface area (Å²) < 4.78 is 32.8. The first-order chi connectivity index (χ1) is 10.00. The second-order valence-electron chi connectivity index (χ2n) is 5.17. The summed E-state index contributed by atoms with van der Waals surface area (Å²) in [5, 5.41) is 0. The van der Waals surface area contributed by atoms with Gasteiger partial charge in [-0.3, -0.25) is 4.31 Å². The number of aryl methyl sites for hydroxylation is 2. The largest absolute Gasteiger partial charge is 0.489 e. The molecule has 0 N–H and O–H groups in total. The van der Waals surface area contributed by atoms with Gasteiger partial charge >= 0.3 is 0 Å². The van der Waals surface area contributed by atoms with Gasteiger partial charge in [-0.2, -0.15) is 0 Å². The van der Waals surface area contributed by atoms with E-state index in [4.69, 9.17) is 4.74 Å². The smallest absolute Gasteiger partial charge is 0.264 e. The van der Waals surface area contributed by atoms with Crippen molar-refractivity contribution in [2.45, 2.75) is 18.7 Å². The van der Waals surface area contributed by atoms with E-state index in [0.29, 0.717) is 29.5 Å². The van der Waals surface area contributed by atoms with Gasteiger partial charge in [-0.05, 0) is 43.2 Å². The van der Waals surface area contributed by atoms with E-state index in [1.807, 2.05) is 26.0 Å². The van der Waals surface area contributed by atoms with Crippen LogP contribution in [-0.4, -0.2) is 21.6 Å². The molecule has 0 radical (unpaired) electrons. The van der Waals surface area contributed by atoms with Crippen LogP contribution in [0.2, 0.25) is 0 Å². The molecule has 21 heavy (non-hydrogen) atoms. The molecule has 1 aliphatic rings. The highest BCUT2D eigenvalue weighted by atomic mass is 32.2. The SMILES string of the molecule is Cc1cc(C)c2c(c1)OCCN2S(=O)(=O)c1ccccc1. The first-order valence-corrected chi connectivity index (χ1v) is 8.26. The Labute approximate surface area is 125 Å². The first kappa shape index (κ1) is 13.9. The van der Waals surface area contributed by atoms with Crippen LogP contribution >= 0.6 is 0 Å². The van der Waals surface area contributed by atoms with Gasteiger partial charge in [-0.25, -0.2) is 8.42 Å². The van der Waals surface area contributed by atoms with Crippen molar-refractivity contribution >= 4 is 15.7 Å². The van der Waals surface area contributed by atoms with Crippen LogP contribution in [0.5, 0.6) is 5.75 Å². The van der Waals surface area contributed by atoms with E-state index in [0.717, 1.165) is 11.1 Å². The predicted octanol–water partition coefficient (Wildman–Crippen LogP) is 2.89. The molecule has 0 saturated carbocycles. The Kier molecular flexibility index (Phi) is 3.37. The van der Waals surface area contributed by atoms with Crippen molar-refractivity contribution in [2.75, 3.05) is 17.5 Å². The molecule has 1 heterocycles. The minimum Gasteiger partial charge on any atom is -0.489 e. The van der Waals surface area contributed by atoms with Crippen LogP contribution in [0.15, 0.2) is 47.4 Å². The zero-order valence-corrected chi connectivity index (χ0v) is 12.9. The molecule has 0 amide bonds. The highest BCUT2D eigenvalue weighted by Crippen LogP contribution is 2.38. The topological polar surface area (TPSA) is 46.6 Å². The Bertz CT molecular complexity index is 770. The third-order valence-electron chi connectivity index (χ3n) is 3.54. The highest BCUT2D eigenvalue weighted by Gasteiger charge is 2.31. The number of nitrogens with zero attached hydrogens (tertiary/aromatic N) is 1. The van der Waals surface area contributed by atoms with Crippen LogP contribution in [0.25, 0.3) is 0 Å². The Morgan fingerprint density at radius 1 is 1.10 bits per heavy atom. The molecule has 0 fully saturated rings. The van der Waals surface area contributed by atoms with Crippen LogP contribution < -0.4 is 9.04 Å². The molecule has 1 aliphatic heterocycles. The molecule has 2 aromatic carbocycles. The van der Waals surface area contributed by atoms with Gasteiger partial charge < -0.3 is 4.74 Å². The van der Waals surface area contributed by atoms with Crippen molar-refractivity contribution in [2.24, 2.45) is 0 Å². The molecule has 0 spiro atoms. The molecule has 2 aromatic rings. The number of fused-ring (bicyclic) bond motifs is 1. The first-order valence-electron chi connectivity index (χ1n) is 6.82. The molecule has 0 unspecified atom stereocenters. The van der Waals surface area contributed by atoms with Gasteiger partial charge in [0.05, 0.1) is 17.1 Å². The maximum absolute atomic E-state index is 12.9. The fourth-order valence-corrected chi connectivity index (χ4v) is 4.21. The number of hydrogen-bond donors (Lipinski definition) is 0. The average Bonchev–Trinajstić information content (AvgIpc) is 2.47. The standard InChI is InChI=1S/C16H17NO3S/c1-12-10-13(2)16-15(11-12)20-9-8-17(16)21(18,19)14-6-4-3-5-7-14/h3-7,10-11H,8-9H2,1-2H3. The molecule has 4 nitrogen and oxygen atoms in total. The maximum Gasteiger partial charge on any atom is 0.264 e. The van der Waals surface area contributed by atoms with Crippen molar-refractivity contribution < 1.29 is 13.2 Å². The van der Waals surface area contributed by atoms with Crippen molar-refractivity contribution in [3.63, 3.8) is 0 Å². The van der Waals surface area contributed by atoms with Crippen LogP contribution in [0, 0.1) is 13.8 Å². The van der Waals surface area contributed by atoms with Crippen molar-refractivity contribution in [3.8, 4) is 5.75 Å². The lowest BCUT2D eigenvalue weighted by Crippen LogP contribution is -2.38. The van der Waals surface area contributed by atoms with Crippen LogP contribution in [0.1, 0.15) is 11.1 Å². The monoisotopic (exact) mass is 303 g/mol. The lowest BCUT2D eigenvalue weighted by atomic mass is 10.1. The molecule has 0 bridgehead atoms. The van der Waals surface area contributed by atoms with Crippen LogP contribution in [0.4, 0.5) is 5.69 Å². The van der Waals surface area contributed by atoms with E-state index in [9.17, 15) is 8.42 Å². The highest BCUT2D eigenvalue weighted by molar-refractivity contribution is 7.92. The fourth-order valence-electron chi connectivity index (χ4n) is 2.66. The summed E-state index contributed by atoms with van der Waals surface area (Å²) in [6, 6.07) is 12.4. The summed E-state index contributed by atoms with van der Waals surface area (Å²) in [5.41, 5.74) is 2.62. The number of rotatable bonds is 2. The number of sulfonamides is 1. The van der Waals surface area contributed by atoms with Crippen LogP contribution in [-0.2, 0) is 10.0 Å². The van der Waals surface area contributed by atoms with Gasteiger partial charge in [0.15, 0.2) is 0 Å². The van der Waals surface area contributed by atoms with E-state index >= 15 is 0 Å². The third-order valence-corrected chi connectivity index (χ3v) is 5.36. The van der Waals surface area contributed by atoms with Crippen LogP contribution in [0.3, 0.4) is 0 Å². The summed E-state index contributed by atoms with van der Waals surface area (Å²) in [4.78, 5) is 0.304. The second kappa shape index (κ2) is 5.07. The zero-order valence-electron chi connectivity index (χ0n) is 12.0. The maximum atomic E-state index is 12.9. The predicted molar refractivity (Wildman–Crippen MR) is 82.4 cm³/mol. The third kappa shape index (κ3) is 2.38. The molecule has 0 aromatic heterocycles. The quantitative estimate of drug-likeness (QED) is 0.857. The van der Waals surface area contributed by atoms with Gasteiger partial charge in [0.2, 0.25) is 0 Å². The lowest BCUT2D eigenvalue weighted by Gasteiger charge is -2.32. The number of ether oxygens (including phenoxy) is 1. The Hall–Kier alpha value is -2.01. The minimum atomic E-state index is -3.56. The summed E-state index contributed by atoms with van der Waals surface area (Å²) in [5.74, 6) is 0.637. The second-order valence-corrected chi connectivity index (χ2v) is 7.03. The summed E-state index contributed by atoms with van der Waals surface area (Å²) in [6.45, 7) is 4.57. The minimum absolute atomic E-state index is 0.304. The van der Waals surface area contributed by atoms with Gasteiger partial charge in [0, 0.05) is 0 Å². The Morgan fingerprint density at radius 3 is 2.52 bits per heavy atom. The molecule has 5 heteroatoms. The molecule has 3 rings (SSSR count). The Morgan fingerprint density at radius 2 is 1.81 bits per heavy atom. The van der Waals surface area contributed by atoms with Gasteiger partial charge in [-0.15, -0.1) is 0 Å². The summed E-state index contributed by atoms with van der Waals surface area (Å²) >= 11 is 0. The molecule has 0 atom stereocenters. The summed E-state index contributed by atoms with van der Waals surface area (Å²) in [6.07, 6.45) is 0. The average molecular weight is 303 g/mol. The van der Waals surface area contributed by atoms with E-state index in [2.05, 4.69) is 0 Å². The van der Waals surface area contributed by atoms with Crippen molar-refractivity contribution in [3.05, 3.63) is 53.6 Å². The zero-order chi connectivity index (χ0) is 15.0. The van der Waals surface area contributed by atoms with E-state index in [-0.39, 0.29) is 0 Å². The van der Waals surface area contributed by atoms with E-state index in [1.165, 1.54) is 4.31 Å². The number of hydrogen-bond acceptors (Lipinski definition) is 3. The van der Waals surface area contributed by atoms with Gasteiger partial charge in [0.25, 0.3) is 10.0 Å². The molecular formula is C16H17NO3S. The van der Waals surface area contributed by atoms with E-state index in [1.54, 1.807) is 30.3 Å². The van der Waals surface area contributed by atoms with Crippen molar-refractivity contribution in [1.29, 1.82) is 0 Å². The van der Waals surface area contributed by atoms with Gasteiger partial charge in [-0.1, -0.05) is 24.3 Å². The van der Waals surface area contributed by atoms with Crippen molar-refractivity contribution in [1.82, 2.24) is 0 Å². The molecule has 0 saturated heterocycles. The Balaban J connectivity index is 2.15. The number of benzene rings is 2. The van der Waals surface area contributed by atoms with Gasteiger partial charge in [0.1, 0.15) is 12.4 Å². The normalized spacial score (nSPS) is 14.5. The summed E-state index contributed by atoms with van der Waals surface area (Å²) in [7, 11) is -3.56. The fraction of sp³-hybridized carbons (Fsp3) is 0.250. The molecule has 0 aliphatic carbocycles. The lowest BCUT2D eigenvalue weighted by molar-refractivity contribution is 0.315. The molecular weight excluding hydrogens is 286 g/mol. The molecule has 110 valence electrons. The van der Waals surface area contributed by atoms with E-state index < -0.39 is 10.0 Å². The number of anilines is 1.